The van der Waals surface area contributed by atoms with Crippen molar-refractivity contribution in [2.24, 2.45) is 0 Å². The van der Waals surface area contributed by atoms with Crippen LogP contribution < -0.4 is 10.3 Å². The third-order valence-electron chi connectivity index (χ3n) is 3.92. The van der Waals surface area contributed by atoms with Crippen molar-refractivity contribution >= 4 is 20.9 Å². The van der Waals surface area contributed by atoms with Crippen molar-refractivity contribution < 1.29 is 12.8 Å². The first-order valence-electron chi connectivity index (χ1n) is 7.67. The molecule has 0 aliphatic carbocycles. The zero-order valence-electron chi connectivity index (χ0n) is 13.5. The lowest BCUT2D eigenvalue weighted by atomic mass is 10.1. The van der Waals surface area contributed by atoms with Gasteiger partial charge in [0.1, 0.15) is 5.82 Å². The van der Waals surface area contributed by atoms with Crippen LogP contribution in [0.15, 0.2) is 53.3 Å². The number of benzene rings is 2. The molecule has 2 aromatic carbocycles. The van der Waals surface area contributed by atoms with E-state index < -0.39 is 15.8 Å². The van der Waals surface area contributed by atoms with Crippen molar-refractivity contribution in [2.75, 3.05) is 0 Å². The van der Waals surface area contributed by atoms with Crippen LogP contribution in [-0.2, 0) is 22.3 Å². The molecule has 25 heavy (non-hydrogen) atoms. The predicted molar refractivity (Wildman–Crippen MR) is 95.2 cm³/mol. The van der Waals surface area contributed by atoms with Crippen LogP contribution in [0.2, 0.25) is 0 Å². The molecule has 0 aliphatic heterocycles. The normalized spacial score (nSPS) is 11.8. The van der Waals surface area contributed by atoms with Gasteiger partial charge in [-0.2, -0.15) is 0 Å². The van der Waals surface area contributed by atoms with E-state index >= 15 is 0 Å². The number of hydrogen-bond donors (Lipinski definition) is 2. The average Bonchev–Trinajstić information content (AvgIpc) is 2.56. The molecule has 0 radical (unpaired) electrons. The minimum absolute atomic E-state index is 0.108. The van der Waals surface area contributed by atoms with Crippen molar-refractivity contribution in [1.29, 1.82) is 0 Å². The fraction of sp³-hybridized carbons (Fsp3) is 0.167. The summed E-state index contributed by atoms with van der Waals surface area (Å²) in [5.41, 5.74) is 2.16. The molecule has 0 bridgehead atoms. The number of rotatable bonds is 5. The molecule has 2 N–H and O–H groups in total. The number of fused-ring (bicyclic) bond motifs is 1. The minimum atomic E-state index is -3.65. The highest BCUT2D eigenvalue weighted by molar-refractivity contribution is 7.88. The van der Waals surface area contributed by atoms with Gasteiger partial charge in [0.05, 0.1) is 11.3 Å². The summed E-state index contributed by atoms with van der Waals surface area (Å²) in [6.07, 6.45) is 0. The van der Waals surface area contributed by atoms with Crippen LogP contribution >= 0.6 is 0 Å². The summed E-state index contributed by atoms with van der Waals surface area (Å²) in [5, 5.41) is 0.840. The Labute approximate surface area is 144 Å². The number of aromatic amines is 1. The van der Waals surface area contributed by atoms with Crippen LogP contribution in [0.3, 0.4) is 0 Å². The Morgan fingerprint density at radius 2 is 1.84 bits per heavy atom. The molecule has 1 aromatic heterocycles. The zero-order chi connectivity index (χ0) is 18.0. The molecule has 3 aromatic rings. The fourth-order valence-electron chi connectivity index (χ4n) is 2.60. The number of pyridine rings is 1. The van der Waals surface area contributed by atoms with E-state index in [0.29, 0.717) is 11.1 Å². The topological polar surface area (TPSA) is 79.0 Å². The third-order valence-corrected chi connectivity index (χ3v) is 5.21. The lowest BCUT2D eigenvalue weighted by Gasteiger charge is -2.08. The zero-order valence-corrected chi connectivity index (χ0v) is 14.4. The van der Waals surface area contributed by atoms with Gasteiger partial charge in [0.15, 0.2) is 0 Å². The molecular weight excluding hydrogens is 343 g/mol. The summed E-state index contributed by atoms with van der Waals surface area (Å²) < 4.78 is 39.6. The summed E-state index contributed by atoms with van der Waals surface area (Å²) in [5.74, 6) is -0.704. The SMILES string of the molecule is Cc1cccc2cc(CNS(=O)(=O)Cc3ccc(F)cc3)c(=O)[nH]c12. The van der Waals surface area contributed by atoms with E-state index in [0.717, 1.165) is 16.5 Å². The first kappa shape index (κ1) is 17.3. The monoisotopic (exact) mass is 360 g/mol. The van der Waals surface area contributed by atoms with Crippen LogP contribution in [0, 0.1) is 12.7 Å². The summed E-state index contributed by atoms with van der Waals surface area (Å²) in [4.78, 5) is 15.0. The van der Waals surface area contributed by atoms with Gasteiger partial charge in [-0.05, 0) is 41.6 Å². The van der Waals surface area contributed by atoms with Gasteiger partial charge in [0, 0.05) is 12.1 Å². The molecule has 0 saturated carbocycles. The molecule has 1 heterocycles. The Hall–Kier alpha value is -2.51. The number of halogens is 1. The van der Waals surface area contributed by atoms with Crippen LogP contribution in [0.4, 0.5) is 4.39 Å². The lowest BCUT2D eigenvalue weighted by molar-refractivity contribution is 0.580. The number of hydrogen-bond acceptors (Lipinski definition) is 3. The van der Waals surface area contributed by atoms with Crippen LogP contribution in [0.5, 0.6) is 0 Å². The Balaban J connectivity index is 1.78. The number of aromatic nitrogens is 1. The van der Waals surface area contributed by atoms with Gasteiger partial charge in [-0.15, -0.1) is 0 Å². The summed E-state index contributed by atoms with van der Waals surface area (Å²) in [6.45, 7) is 1.78. The Morgan fingerprint density at radius 3 is 2.56 bits per heavy atom. The van der Waals surface area contributed by atoms with Crippen molar-refractivity contribution in [3.63, 3.8) is 0 Å². The Morgan fingerprint density at radius 1 is 1.12 bits per heavy atom. The number of aryl methyl sites for hydroxylation is 1. The average molecular weight is 360 g/mol. The van der Waals surface area contributed by atoms with E-state index in [1.807, 2.05) is 25.1 Å². The third kappa shape index (κ3) is 4.12. The van der Waals surface area contributed by atoms with E-state index in [9.17, 15) is 17.6 Å². The van der Waals surface area contributed by atoms with Gasteiger partial charge < -0.3 is 4.98 Å². The van der Waals surface area contributed by atoms with E-state index in [-0.39, 0.29) is 17.9 Å². The molecule has 0 unspecified atom stereocenters. The highest BCUT2D eigenvalue weighted by Crippen LogP contribution is 2.15. The molecule has 0 atom stereocenters. The maximum Gasteiger partial charge on any atom is 0.252 e. The van der Waals surface area contributed by atoms with Gasteiger partial charge in [0.25, 0.3) is 5.56 Å². The fourth-order valence-corrected chi connectivity index (χ4v) is 3.71. The molecule has 130 valence electrons. The Kier molecular flexibility index (Phi) is 4.69. The van der Waals surface area contributed by atoms with Gasteiger partial charge in [-0.25, -0.2) is 17.5 Å². The minimum Gasteiger partial charge on any atom is -0.321 e. The van der Waals surface area contributed by atoms with Gasteiger partial charge in [0.2, 0.25) is 10.0 Å². The molecule has 0 spiro atoms. The molecule has 7 heteroatoms. The lowest BCUT2D eigenvalue weighted by Crippen LogP contribution is -2.28. The van der Waals surface area contributed by atoms with Crippen LogP contribution in [0.1, 0.15) is 16.7 Å². The molecule has 5 nitrogen and oxygen atoms in total. The van der Waals surface area contributed by atoms with Gasteiger partial charge in [-0.1, -0.05) is 30.3 Å². The summed E-state index contributed by atoms with van der Waals surface area (Å²) >= 11 is 0. The molecule has 0 amide bonds. The second kappa shape index (κ2) is 6.78. The maximum absolute atomic E-state index is 12.9. The predicted octanol–water partition coefficient (Wildman–Crippen LogP) is 2.60. The Bertz CT molecular complexity index is 1070. The number of nitrogens with one attached hydrogen (secondary N) is 2. The number of para-hydroxylation sites is 1. The van der Waals surface area contributed by atoms with Crippen LogP contribution in [-0.4, -0.2) is 13.4 Å². The van der Waals surface area contributed by atoms with Crippen molar-refractivity contribution in [2.45, 2.75) is 19.2 Å². The standard InChI is InChI=1S/C18H17FN2O3S/c1-12-3-2-4-14-9-15(18(22)21-17(12)14)10-20-25(23,24)11-13-5-7-16(19)8-6-13/h2-9,20H,10-11H2,1H3,(H,21,22). The molecule has 0 saturated heterocycles. The van der Waals surface area contributed by atoms with E-state index in [4.69, 9.17) is 0 Å². The van der Waals surface area contributed by atoms with Gasteiger partial charge >= 0.3 is 0 Å². The van der Waals surface area contributed by atoms with E-state index in [1.165, 1.54) is 24.3 Å². The van der Waals surface area contributed by atoms with E-state index in [2.05, 4.69) is 9.71 Å². The quantitative estimate of drug-likeness (QED) is 0.734. The number of H-pyrrole nitrogens is 1. The molecular formula is C18H17FN2O3S. The summed E-state index contributed by atoms with van der Waals surface area (Å²) in [6, 6.07) is 12.6. The first-order chi connectivity index (χ1) is 11.8. The van der Waals surface area contributed by atoms with Crippen molar-refractivity contribution in [3.05, 3.63) is 81.4 Å². The number of sulfonamides is 1. The summed E-state index contributed by atoms with van der Waals surface area (Å²) in [7, 11) is -3.65. The molecule has 0 aliphatic rings. The van der Waals surface area contributed by atoms with Crippen molar-refractivity contribution in [3.8, 4) is 0 Å². The largest absolute Gasteiger partial charge is 0.321 e. The smallest absolute Gasteiger partial charge is 0.252 e. The second-order valence-electron chi connectivity index (χ2n) is 5.87. The second-order valence-corrected chi connectivity index (χ2v) is 7.68. The first-order valence-corrected chi connectivity index (χ1v) is 9.32. The van der Waals surface area contributed by atoms with Crippen molar-refractivity contribution in [1.82, 2.24) is 9.71 Å². The molecule has 3 rings (SSSR count). The highest BCUT2D eigenvalue weighted by Gasteiger charge is 2.13. The molecule has 0 fully saturated rings. The van der Waals surface area contributed by atoms with E-state index in [1.54, 1.807) is 6.07 Å². The van der Waals surface area contributed by atoms with Crippen LogP contribution in [0.25, 0.3) is 10.9 Å². The highest BCUT2D eigenvalue weighted by atomic mass is 32.2. The van der Waals surface area contributed by atoms with Gasteiger partial charge in [-0.3, -0.25) is 4.79 Å². The maximum atomic E-state index is 12.9.